The van der Waals surface area contributed by atoms with Gasteiger partial charge in [-0.25, -0.2) is 0 Å². The molecule has 122 valence electrons. The van der Waals surface area contributed by atoms with Crippen molar-refractivity contribution < 1.29 is 24.9 Å². The van der Waals surface area contributed by atoms with Gasteiger partial charge in [0.1, 0.15) is 11.8 Å². The van der Waals surface area contributed by atoms with Gasteiger partial charge in [-0.3, -0.25) is 4.79 Å². The molecule has 1 aliphatic heterocycles. The number of methoxy groups -OCH3 is 1. The highest BCUT2D eigenvalue weighted by atomic mass is 16.5. The zero-order valence-corrected chi connectivity index (χ0v) is 12.4. The van der Waals surface area contributed by atoms with Gasteiger partial charge in [0.05, 0.1) is 19.3 Å². The van der Waals surface area contributed by atoms with Crippen LogP contribution in [0.1, 0.15) is 5.56 Å². The highest BCUT2D eigenvalue weighted by Gasteiger charge is 2.33. The summed E-state index contributed by atoms with van der Waals surface area (Å²) in [5.41, 5.74) is 0.876. The average molecular weight is 310 g/mol. The fourth-order valence-corrected chi connectivity index (χ4v) is 2.49. The maximum Gasteiger partial charge on any atom is 0.321 e. The second kappa shape index (κ2) is 7.55. The average Bonchev–Trinajstić information content (AvgIpc) is 2.83. The molecule has 0 amide bonds. The Labute approximate surface area is 128 Å². The smallest absolute Gasteiger partial charge is 0.321 e. The molecule has 0 aliphatic carbocycles. The summed E-state index contributed by atoms with van der Waals surface area (Å²) in [5, 5.41) is 34.4. The summed E-state index contributed by atoms with van der Waals surface area (Å²) in [6.45, 7) is 0.578. The maximum absolute atomic E-state index is 11.4. The lowest BCUT2D eigenvalue weighted by Crippen LogP contribution is -2.48. The lowest BCUT2D eigenvalue weighted by atomic mass is 10.0. The number of carboxylic acids is 1. The Kier molecular flexibility index (Phi) is 5.73. The quantitative estimate of drug-likeness (QED) is 0.438. The highest BCUT2D eigenvalue weighted by Crippen LogP contribution is 2.13. The van der Waals surface area contributed by atoms with Crippen LogP contribution in [-0.2, 0) is 11.2 Å². The van der Waals surface area contributed by atoms with Crippen molar-refractivity contribution in [3.63, 3.8) is 0 Å². The summed E-state index contributed by atoms with van der Waals surface area (Å²) in [6.07, 6.45) is -1.37. The Morgan fingerprint density at radius 2 is 2.09 bits per heavy atom. The minimum atomic E-state index is -0.955. The van der Waals surface area contributed by atoms with Gasteiger partial charge in [0, 0.05) is 19.1 Å². The minimum absolute atomic E-state index is 0.269. The van der Waals surface area contributed by atoms with Crippen LogP contribution in [0.2, 0.25) is 0 Å². The van der Waals surface area contributed by atoms with Gasteiger partial charge in [0.25, 0.3) is 0 Å². The van der Waals surface area contributed by atoms with Gasteiger partial charge in [0.2, 0.25) is 0 Å². The van der Waals surface area contributed by atoms with Crippen LogP contribution in [0.15, 0.2) is 24.3 Å². The van der Waals surface area contributed by atoms with E-state index in [2.05, 4.69) is 10.6 Å². The molecule has 0 radical (unpaired) electrons. The lowest BCUT2D eigenvalue weighted by Gasteiger charge is -2.20. The zero-order chi connectivity index (χ0) is 16.1. The van der Waals surface area contributed by atoms with Crippen molar-refractivity contribution in [1.29, 1.82) is 0 Å². The number of carboxylic acid groups (broad SMARTS) is 1. The molecule has 1 heterocycles. The fraction of sp³-hybridized carbons (Fsp3) is 0.533. The Bertz CT molecular complexity index is 493. The molecule has 0 unspecified atom stereocenters. The van der Waals surface area contributed by atoms with Crippen molar-refractivity contribution in [3.8, 4) is 5.75 Å². The third-order valence-corrected chi connectivity index (χ3v) is 3.88. The van der Waals surface area contributed by atoms with Crippen LogP contribution in [0, 0.1) is 0 Å². The molecule has 0 saturated carbocycles. The van der Waals surface area contributed by atoms with Crippen molar-refractivity contribution >= 4 is 5.97 Å². The number of rotatable bonds is 7. The fourth-order valence-electron chi connectivity index (χ4n) is 2.49. The second-order valence-corrected chi connectivity index (χ2v) is 5.42. The van der Waals surface area contributed by atoms with E-state index in [0.717, 1.165) is 11.3 Å². The molecule has 7 nitrogen and oxygen atoms in total. The first-order valence-electron chi connectivity index (χ1n) is 7.20. The van der Waals surface area contributed by atoms with Crippen molar-refractivity contribution in [2.75, 3.05) is 20.2 Å². The topological polar surface area (TPSA) is 111 Å². The molecule has 0 aromatic heterocycles. The van der Waals surface area contributed by atoms with E-state index in [-0.39, 0.29) is 12.6 Å². The minimum Gasteiger partial charge on any atom is -0.497 e. The van der Waals surface area contributed by atoms with Crippen LogP contribution in [0.25, 0.3) is 0 Å². The van der Waals surface area contributed by atoms with E-state index >= 15 is 0 Å². The summed E-state index contributed by atoms with van der Waals surface area (Å²) in [4.78, 5) is 11.4. The largest absolute Gasteiger partial charge is 0.497 e. The maximum atomic E-state index is 11.4. The number of ether oxygens (including phenoxy) is 1. The van der Waals surface area contributed by atoms with Crippen molar-refractivity contribution in [2.24, 2.45) is 0 Å². The van der Waals surface area contributed by atoms with Gasteiger partial charge in [-0.2, -0.15) is 0 Å². The third kappa shape index (κ3) is 4.17. The predicted octanol–water partition coefficient (Wildman–Crippen LogP) is -1.03. The van der Waals surface area contributed by atoms with Gasteiger partial charge in [-0.15, -0.1) is 0 Å². The number of aliphatic carboxylic acids is 1. The number of β-amino-alcohol motifs (C(OH)–C–C–N with tert-alkyl or cyclic N) is 1. The number of benzene rings is 1. The number of carbonyl (C=O) groups is 1. The summed E-state index contributed by atoms with van der Waals surface area (Å²) < 4.78 is 5.07. The van der Waals surface area contributed by atoms with Crippen LogP contribution < -0.4 is 15.4 Å². The second-order valence-electron chi connectivity index (χ2n) is 5.42. The van der Waals surface area contributed by atoms with E-state index in [1.807, 2.05) is 12.1 Å². The molecule has 1 fully saturated rings. The van der Waals surface area contributed by atoms with Gasteiger partial charge >= 0.3 is 5.97 Å². The van der Waals surface area contributed by atoms with Crippen LogP contribution in [-0.4, -0.2) is 65.8 Å². The summed E-state index contributed by atoms with van der Waals surface area (Å²) in [5.74, 6) is -0.236. The Hall–Kier alpha value is -1.67. The first kappa shape index (κ1) is 16.7. The van der Waals surface area contributed by atoms with Crippen LogP contribution >= 0.6 is 0 Å². The summed E-state index contributed by atoms with van der Waals surface area (Å²) in [7, 11) is 1.57. The van der Waals surface area contributed by atoms with Crippen molar-refractivity contribution in [1.82, 2.24) is 10.6 Å². The monoisotopic (exact) mass is 310 g/mol. The first-order chi connectivity index (χ1) is 10.5. The molecule has 7 heteroatoms. The third-order valence-electron chi connectivity index (χ3n) is 3.88. The number of aliphatic hydroxyl groups is 2. The van der Waals surface area contributed by atoms with E-state index in [4.69, 9.17) is 4.74 Å². The lowest BCUT2D eigenvalue weighted by molar-refractivity contribution is -0.139. The van der Waals surface area contributed by atoms with Gasteiger partial charge < -0.3 is 30.7 Å². The van der Waals surface area contributed by atoms with Crippen molar-refractivity contribution in [3.05, 3.63) is 29.8 Å². The Balaban J connectivity index is 1.90. The Morgan fingerprint density at radius 3 is 2.59 bits per heavy atom. The van der Waals surface area contributed by atoms with E-state index < -0.39 is 24.2 Å². The van der Waals surface area contributed by atoms with E-state index in [0.29, 0.717) is 13.0 Å². The van der Waals surface area contributed by atoms with E-state index in [1.54, 1.807) is 19.2 Å². The predicted molar refractivity (Wildman–Crippen MR) is 79.9 cm³/mol. The molecule has 0 spiro atoms. The summed E-state index contributed by atoms with van der Waals surface area (Å²) >= 11 is 0. The molecule has 1 aliphatic rings. The number of hydrogen-bond acceptors (Lipinski definition) is 6. The molecular weight excluding hydrogens is 288 g/mol. The molecule has 1 aromatic carbocycles. The highest BCUT2D eigenvalue weighted by molar-refractivity contribution is 5.73. The van der Waals surface area contributed by atoms with Gasteiger partial charge in [-0.1, -0.05) is 12.1 Å². The molecule has 1 aromatic rings. The normalized spacial score (nSPS) is 25.9. The van der Waals surface area contributed by atoms with Crippen LogP contribution in [0.4, 0.5) is 0 Å². The molecule has 0 bridgehead atoms. The van der Waals surface area contributed by atoms with Crippen molar-refractivity contribution in [2.45, 2.75) is 30.7 Å². The van der Waals surface area contributed by atoms with E-state index in [1.165, 1.54) is 0 Å². The molecular formula is C15H22N2O5. The SMILES string of the molecule is COc1ccc(C[C@H](NC[C@H]2NC[C@H](O)[C@@H]2O)C(=O)O)cc1. The zero-order valence-electron chi connectivity index (χ0n) is 12.4. The van der Waals surface area contributed by atoms with Gasteiger partial charge in [-0.05, 0) is 24.1 Å². The molecule has 2 rings (SSSR count). The van der Waals surface area contributed by atoms with Crippen LogP contribution in [0.3, 0.4) is 0 Å². The first-order valence-corrected chi connectivity index (χ1v) is 7.20. The molecule has 5 N–H and O–H groups in total. The standard InChI is InChI=1S/C15H22N2O5/c1-22-10-4-2-9(3-5-10)6-11(15(20)21)16-7-12-14(19)13(18)8-17-12/h2-5,11-14,16-19H,6-8H2,1H3,(H,20,21)/t11-,12+,13-,14+/m0/s1. The molecule has 1 saturated heterocycles. The van der Waals surface area contributed by atoms with E-state index in [9.17, 15) is 20.1 Å². The van der Waals surface area contributed by atoms with Crippen LogP contribution in [0.5, 0.6) is 5.75 Å². The Morgan fingerprint density at radius 1 is 1.41 bits per heavy atom. The molecule has 22 heavy (non-hydrogen) atoms. The van der Waals surface area contributed by atoms with Gasteiger partial charge in [0.15, 0.2) is 0 Å². The number of hydrogen-bond donors (Lipinski definition) is 5. The summed E-state index contributed by atoms with van der Waals surface area (Å²) in [6, 6.07) is 6.10. The number of aliphatic hydroxyl groups excluding tert-OH is 2. The molecule has 4 atom stereocenters. The number of nitrogens with one attached hydrogen (secondary N) is 2.